The number of aryl methyl sites for hydroxylation is 2. The molecule has 1 aromatic heterocycles. The number of thiocarbonyl (C=S) groups is 1. The summed E-state index contributed by atoms with van der Waals surface area (Å²) in [6.07, 6.45) is 0. The van der Waals surface area contributed by atoms with Gasteiger partial charge in [0.25, 0.3) is 0 Å². The molecule has 0 fully saturated rings. The number of carbonyl (C=O) groups is 1. The Balaban J connectivity index is 1.94. The fraction of sp³-hybridized carbons (Fsp3) is 0.167. The topological polar surface area (TPSA) is 67.2 Å². The fourth-order valence-electron chi connectivity index (χ4n) is 2.36. The van der Waals surface area contributed by atoms with Gasteiger partial charge in [-0.25, -0.2) is 4.98 Å². The van der Waals surface area contributed by atoms with Crippen LogP contribution in [0, 0.1) is 13.8 Å². The van der Waals surface area contributed by atoms with Gasteiger partial charge in [0.2, 0.25) is 11.8 Å². The van der Waals surface area contributed by atoms with Crippen molar-refractivity contribution >= 4 is 40.0 Å². The Morgan fingerprint density at radius 3 is 2.71 bits per heavy atom. The van der Waals surface area contributed by atoms with Crippen molar-refractivity contribution in [3.63, 3.8) is 0 Å². The van der Waals surface area contributed by atoms with Crippen LogP contribution >= 0.6 is 12.2 Å². The molecule has 0 atom stereocenters. The summed E-state index contributed by atoms with van der Waals surface area (Å²) < 4.78 is 5.83. The number of benzene rings is 2. The first-order valence-electron chi connectivity index (χ1n) is 7.49. The highest BCUT2D eigenvalue weighted by Crippen LogP contribution is 2.28. The minimum Gasteiger partial charge on any atom is -0.436 e. The van der Waals surface area contributed by atoms with E-state index in [1.54, 1.807) is 0 Å². The van der Waals surface area contributed by atoms with Crippen LogP contribution in [-0.2, 0) is 4.79 Å². The zero-order valence-electron chi connectivity index (χ0n) is 13.6. The Morgan fingerprint density at radius 1 is 1.17 bits per heavy atom. The van der Waals surface area contributed by atoms with E-state index in [-0.39, 0.29) is 11.0 Å². The van der Waals surface area contributed by atoms with E-state index in [1.165, 1.54) is 6.92 Å². The van der Waals surface area contributed by atoms with E-state index in [0.29, 0.717) is 5.89 Å². The lowest BCUT2D eigenvalue weighted by Crippen LogP contribution is -2.32. The number of anilines is 1. The minimum absolute atomic E-state index is 0.212. The Morgan fingerprint density at radius 2 is 1.96 bits per heavy atom. The summed E-state index contributed by atoms with van der Waals surface area (Å²) in [6, 6.07) is 11.7. The van der Waals surface area contributed by atoms with Gasteiger partial charge in [-0.3, -0.25) is 4.79 Å². The second-order valence-electron chi connectivity index (χ2n) is 5.66. The van der Waals surface area contributed by atoms with Crippen molar-refractivity contribution in [2.24, 2.45) is 0 Å². The lowest BCUT2D eigenvalue weighted by atomic mass is 10.1. The number of rotatable bonds is 2. The fourth-order valence-corrected chi connectivity index (χ4v) is 2.62. The molecule has 6 heteroatoms. The van der Waals surface area contributed by atoms with E-state index in [2.05, 4.69) is 15.6 Å². The second-order valence-corrected chi connectivity index (χ2v) is 6.06. The highest BCUT2D eigenvalue weighted by atomic mass is 32.1. The van der Waals surface area contributed by atoms with Crippen LogP contribution in [0.25, 0.3) is 22.6 Å². The number of hydrogen-bond acceptors (Lipinski definition) is 4. The van der Waals surface area contributed by atoms with Gasteiger partial charge in [0.05, 0.1) is 0 Å². The lowest BCUT2D eigenvalue weighted by Gasteiger charge is -2.11. The van der Waals surface area contributed by atoms with E-state index >= 15 is 0 Å². The van der Waals surface area contributed by atoms with Crippen LogP contribution in [0.2, 0.25) is 0 Å². The lowest BCUT2D eigenvalue weighted by molar-refractivity contribution is -0.117. The van der Waals surface area contributed by atoms with Gasteiger partial charge in [0.15, 0.2) is 10.7 Å². The summed E-state index contributed by atoms with van der Waals surface area (Å²) >= 11 is 5.12. The van der Waals surface area contributed by atoms with Gasteiger partial charge in [-0.2, -0.15) is 0 Å². The molecule has 0 saturated heterocycles. The number of oxazole rings is 1. The van der Waals surface area contributed by atoms with Crippen molar-refractivity contribution < 1.29 is 9.21 Å². The molecule has 0 aliphatic carbocycles. The predicted octanol–water partition coefficient (Wildman–Crippen LogP) is 3.94. The molecule has 5 nitrogen and oxygen atoms in total. The molecule has 3 rings (SSSR count). The molecular formula is C18H17N3O2S. The number of nitrogens with one attached hydrogen (secondary N) is 2. The van der Waals surface area contributed by atoms with Crippen LogP contribution in [0.3, 0.4) is 0 Å². The predicted molar refractivity (Wildman–Crippen MR) is 99.0 cm³/mol. The van der Waals surface area contributed by atoms with E-state index in [9.17, 15) is 4.79 Å². The first-order valence-corrected chi connectivity index (χ1v) is 7.90. The maximum atomic E-state index is 11.1. The van der Waals surface area contributed by atoms with E-state index in [0.717, 1.165) is 33.5 Å². The molecule has 2 N–H and O–H groups in total. The first-order chi connectivity index (χ1) is 11.4. The van der Waals surface area contributed by atoms with Crippen LogP contribution in [0.15, 0.2) is 40.8 Å². The maximum Gasteiger partial charge on any atom is 0.227 e. The zero-order valence-corrected chi connectivity index (χ0v) is 14.5. The van der Waals surface area contributed by atoms with Crippen molar-refractivity contribution in [1.82, 2.24) is 10.3 Å². The van der Waals surface area contributed by atoms with Gasteiger partial charge in [0.1, 0.15) is 5.52 Å². The average Bonchev–Trinajstić information content (AvgIpc) is 2.91. The van der Waals surface area contributed by atoms with Gasteiger partial charge in [-0.15, -0.1) is 0 Å². The van der Waals surface area contributed by atoms with Crippen LogP contribution in [0.1, 0.15) is 18.1 Å². The number of fused-ring (bicyclic) bond motifs is 1. The number of aromatic nitrogens is 1. The van der Waals surface area contributed by atoms with Crippen LogP contribution in [0.5, 0.6) is 0 Å². The number of carbonyl (C=O) groups excluding carboxylic acids is 1. The largest absolute Gasteiger partial charge is 0.436 e. The highest BCUT2D eigenvalue weighted by Gasteiger charge is 2.11. The number of amides is 1. The van der Waals surface area contributed by atoms with Crippen LogP contribution in [-0.4, -0.2) is 16.0 Å². The molecule has 24 heavy (non-hydrogen) atoms. The molecule has 0 aliphatic heterocycles. The molecule has 1 amide bonds. The molecule has 2 aromatic carbocycles. The van der Waals surface area contributed by atoms with Crippen molar-refractivity contribution in [3.05, 3.63) is 47.5 Å². The molecule has 0 spiro atoms. The number of hydrogen-bond donors (Lipinski definition) is 2. The van der Waals surface area contributed by atoms with Crippen molar-refractivity contribution in [1.29, 1.82) is 0 Å². The Hall–Kier alpha value is -2.73. The molecule has 0 saturated carbocycles. The summed E-state index contributed by atoms with van der Waals surface area (Å²) in [5.74, 6) is 0.333. The molecule has 0 aliphatic rings. The Bertz CT molecular complexity index is 947. The quantitative estimate of drug-likeness (QED) is 0.692. The Kier molecular flexibility index (Phi) is 4.31. The average molecular weight is 339 g/mol. The van der Waals surface area contributed by atoms with Gasteiger partial charge < -0.3 is 15.1 Å². The summed E-state index contributed by atoms with van der Waals surface area (Å²) in [6.45, 7) is 5.39. The summed E-state index contributed by atoms with van der Waals surface area (Å²) in [5, 5.41) is 5.83. The monoisotopic (exact) mass is 339 g/mol. The minimum atomic E-state index is -0.212. The van der Waals surface area contributed by atoms with Crippen molar-refractivity contribution in [3.8, 4) is 11.5 Å². The van der Waals surface area contributed by atoms with E-state index in [1.807, 2.05) is 50.2 Å². The molecule has 0 bridgehead atoms. The standard InChI is InChI=1S/C18H17N3O2S/c1-10-4-7-16-15(8-10)20-17(23-16)13-6-5-11(2)14(9-13)21-18(24)19-12(3)22/h4-9H,1-3H3,(H2,19,21,22,24). The SMILES string of the molecule is CC(=O)NC(=S)Nc1cc(-c2nc3cc(C)ccc3o2)ccc1C. The summed E-state index contributed by atoms with van der Waals surface area (Å²) in [7, 11) is 0. The normalized spacial score (nSPS) is 10.6. The van der Waals surface area contributed by atoms with Crippen molar-refractivity contribution in [2.75, 3.05) is 5.32 Å². The first kappa shape index (κ1) is 16.1. The number of nitrogens with zero attached hydrogens (tertiary/aromatic N) is 1. The molecule has 0 radical (unpaired) electrons. The molecule has 122 valence electrons. The Labute approximate surface area is 145 Å². The second kappa shape index (κ2) is 6.41. The van der Waals surface area contributed by atoms with Crippen molar-refractivity contribution in [2.45, 2.75) is 20.8 Å². The summed E-state index contributed by atoms with van der Waals surface area (Å²) in [5.41, 5.74) is 5.34. The maximum absolute atomic E-state index is 11.1. The van der Waals surface area contributed by atoms with E-state index in [4.69, 9.17) is 16.6 Å². The smallest absolute Gasteiger partial charge is 0.227 e. The summed E-state index contributed by atoms with van der Waals surface area (Å²) in [4.78, 5) is 15.6. The molecule has 3 aromatic rings. The van der Waals surface area contributed by atoms with Gasteiger partial charge >= 0.3 is 0 Å². The van der Waals surface area contributed by atoms with Crippen LogP contribution < -0.4 is 10.6 Å². The van der Waals surface area contributed by atoms with Gasteiger partial charge in [0, 0.05) is 18.2 Å². The van der Waals surface area contributed by atoms with Gasteiger partial charge in [-0.1, -0.05) is 12.1 Å². The molecule has 0 unspecified atom stereocenters. The van der Waals surface area contributed by atoms with Crippen LogP contribution in [0.4, 0.5) is 5.69 Å². The van der Waals surface area contributed by atoms with Gasteiger partial charge in [-0.05, 0) is 61.5 Å². The molecule has 1 heterocycles. The highest BCUT2D eigenvalue weighted by molar-refractivity contribution is 7.80. The third kappa shape index (κ3) is 3.44. The third-order valence-corrected chi connectivity index (χ3v) is 3.77. The van der Waals surface area contributed by atoms with E-state index < -0.39 is 0 Å². The zero-order chi connectivity index (χ0) is 17.3. The third-order valence-electron chi connectivity index (χ3n) is 3.57. The molecular weight excluding hydrogens is 322 g/mol.